The third-order valence-corrected chi connectivity index (χ3v) is 4.39. The van der Waals surface area contributed by atoms with Crippen molar-refractivity contribution in [3.63, 3.8) is 0 Å². The molecular formula is C22H23N3O2. The molecule has 0 unspecified atom stereocenters. The van der Waals surface area contributed by atoms with Gasteiger partial charge in [-0.3, -0.25) is 9.59 Å². The van der Waals surface area contributed by atoms with Gasteiger partial charge in [0, 0.05) is 29.6 Å². The minimum absolute atomic E-state index is 0.184. The molecule has 0 spiro atoms. The maximum absolute atomic E-state index is 12.7. The number of hydrogen-bond donors (Lipinski definition) is 2. The van der Waals surface area contributed by atoms with Gasteiger partial charge in [-0.15, -0.1) is 0 Å². The normalized spacial score (nSPS) is 10.5. The largest absolute Gasteiger partial charge is 0.325 e. The third-order valence-electron chi connectivity index (χ3n) is 4.39. The Morgan fingerprint density at radius 2 is 1.41 bits per heavy atom. The smallest absolute Gasteiger partial charge is 0.255 e. The molecule has 0 radical (unpaired) electrons. The van der Waals surface area contributed by atoms with Crippen LogP contribution in [-0.4, -0.2) is 16.4 Å². The van der Waals surface area contributed by atoms with Gasteiger partial charge in [0.15, 0.2) is 0 Å². The van der Waals surface area contributed by atoms with E-state index in [4.69, 9.17) is 0 Å². The molecule has 0 saturated heterocycles. The van der Waals surface area contributed by atoms with Crippen molar-refractivity contribution in [2.24, 2.45) is 0 Å². The first kappa shape index (κ1) is 18.5. The zero-order valence-electron chi connectivity index (χ0n) is 16.0. The van der Waals surface area contributed by atoms with Gasteiger partial charge >= 0.3 is 0 Å². The molecule has 138 valence electrons. The predicted octanol–water partition coefficient (Wildman–Crippen LogP) is 4.61. The SMILES string of the molecule is CC(=O)Nc1ccc(C)cc1NC(=O)c1ccc(-n2c(C)ccc2C)cc1. The number of hydrogen-bond acceptors (Lipinski definition) is 2. The number of carbonyl (C=O) groups excluding carboxylic acids is 2. The topological polar surface area (TPSA) is 63.1 Å². The molecule has 0 saturated carbocycles. The summed E-state index contributed by atoms with van der Waals surface area (Å²) in [5, 5.41) is 5.63. The number of benzene rings is 2. The first-order chi connectivity index (χ1) is 12.8. The van der Waals surface area contributed by atoms with Crippen LogP contribution in [0.15, 0.2) is 54.6 Å². The average Bonchev–Trinajstić information content (AvgIpc) is 2.95. The molecule has 1 aromatic heterocycles. The third kappa shape index (κ3) is 4.08. The minimum Gasteiger partial charge on any atom is -0.325 e. The predicted molar refractivity (Wildman–Crippen MR) is 109 cm³/mol. The van der Waals surface area contributed by atoms with Gasteiger partial charge < -0.3 is 15.2 Å². The summed E-state index contributed by atoms with van der Waals surface area (Å²) in [6.45, 7) is 7.48. The summed E-state index contributed by atoms with van der Waals surface area (Å²) in [6.07, 6.45) is 0. The minimum atomic E-state index is -0.222. The van der Waals surface area contributed by atoms with Gasteiger partial charge in [0.25, 0.3) is 5.91 Å². The Bertz CT molecular complexity index is 981. The monoisotopic (exact) mass is 361 g/mol. The van der Waals surface area contributed by atoms with Crippen molar-refractivity contribution >= 4 is 23.2 Å². The van der Waals surface area contributed by atoms with Gasteiger partial charge in [-0.2, -0.15) is 0 Å². The van der Waals surface area contributed by atoms with Crippen LogP contribution in [0.25, 0.3) is 5.69 Å². The first-order valence-corrected chi connectivity index (χ1v) is 8.80. The second-order valence-electron chi connectivity index (χ2n) is 6.68. The Morgan fingerprint density at radius 1 is 0.778 bits per heavy atom. The number of aryl methyl sites for hydroxylation is 3. The highest BCUT2D eigenvalue weighted by Crippen LogP contribution is 2.24. The lowest BCUT2D eigenvalue weighted by atomic mass is 10.1. The van der Waals surface area contributed by atoms with E-state index in [9.17, 15) is 9.59 Å². The van der Waals surface area contributed by atoms with Gasteiger partial charge in [-0.05, 0) is 74.9 Å². The maximum Gasteiger partial charge on any atom is 0.255 e. The van der Waals surface area contributed by atoms with E-state index in [1.165, 1.54) is 6.92 Å². The highest BCUT2D eigenvalue weighted by molar-refractivity contribution is 6.07. The highest BCUT2D eigenvalue weighted by atomic mass is 16.2. The van der Waals surface area contributed by atoms with E-state index in [1.807, 2.05) is 31.2 Å². The summed E-state index contributed by atoms with van der Waals surface area (Å²) in [4.78, 5) is 24.0. The molecule has 27 heavy (non-hydrogen) atoms. The van der Waals surface area contributed by atoms with Crippen LogP contribution in [-0.2, 0) is 4.79 Å². The van der Waals surface area contributed by atoms with Crippen LogP contribution < -0.4 is 10.6 Å². The Labute approximate surface area is 159 Å². The fraction of sp³-hybridized carbons (Fsp3) is 0.182. The van der Waals surface area contributed by atoms with Crippen molar-refractivity contribution in [1.82, 2.24) is 4.57 Å². The molecule has 2 aromatic carbocycles. The summed E-state index contributed by atoms with van der Waals surface area (Å²) >= 11 is 0. The molecule has 5 heteroatoms. The molecular weight excluding hydrogens is 338 g/mol. The van der Waals surface area contributed by atoms with E-state index in [2.05, 4.69) is 41.2 Å². The van der Waals surface area contributed by atoms with Gasteiger partial charge in [0.2, 0.25) is 5.91 Å². The molecule has 0 atom stereocenters. The summed E-state index contributed by atoms with van der Waals surface area (Å²) in [6, 6.07) is 17.1. The van der Waals surface area contributed by atoms with Crippen LogP contribution in [0, 0.1) is 20.8 Å². The van der Waals surface area contributed by atoms with Crippen LogP contribution in [0.4, 0.5) is 11.4 Å². The second kappa shape index (κ2) is 7.50. The van der Waals surface area contributed by atoms with Gasteiger partial charge in [-0.1, -0.05) is 6.07 Å². The fourth-order valence-corrected chi connectivity index (χ4v) is 3.09. The van der Waals surface area contributed by atoms with Crippen molar-refractivity contribution in [1.29, 1.82) is 0 Å². The number of amides is 2. The quantitative estimate of drug-likeness (QED) is 0.712. The van der Waals surface area contributed by atoms with Crippen LogP contribution in [0.2, 0.25) is 0 Å². The zero-order chi connectivity index (χ0) is 19.6. The summed E-state index contributed by atoms with van der Waals surface area (Å²) in [5.74, 6) is -0.407. The van der Waals surface area contributed by atoms with Crippen LogP contribution in [0.3, 0.4) is 0 Å². The molecule has 0 fully saturated rings. The van der Waals surface area contributed by atoms with Crippen LogP contribution >= 0.6 is 0 Å². The Morgan fingerprint density at radius 3 is 2.00 bits per heavy atom. The summed E-state index contributed by atoms with van der Waals surface area (Å²) < 4.78 is 2.14. The number of carbonyl (C=O) groups is 2. The lowest BCUT2D eigenvalue weighted by molar-refractivity contribution is -0.114. The number of aromatic nitrogens is 1. The van der Waals surface area contributed by atoms with E-state index in [-0.39, 0.29) is 11.8 Å². The molecule has 0 aliphatic carbocycles. The average molecular weight is 361 g/mol. The van der Waals surface area contributed by atoms with Gasteiger partial charge in [0.05, 0.1) is 11.4 Å². The number of nitrogens with zero attached hydrogens (tertiary/aromatic N) is 1. The highest BCUT2D eigenvalue weighted by Gasteiger charge is 2.11. The molecule has 3 aromatic rings. The van der Waals surface area contributed by atoms with Crippen LogP contribution in [0.5, 0.6) is 0 Å². The van der Waals surface area contributed by atoms with E-state index in [1.54, 1.807) is 18.2 Å². The molecule has 2 amide bonds. The lowest BCUT2D eigenvalue weighted by Crippen LogP contribution is -2.15. The molecule has 0 aliphatic heterocycles. The molecule has 2 N–H and O–H groups in total. The Hall–Kier alpha value is -3.34. The zero-order valence-corrected chi connectivity index (χ0v) is 16.0. The first-order valence-electron chi connectivity index (χ1n) is 8.80. The van der Waals surface area contributed by atoms with Gasteiger partial charge in [0.1, 0.15) is 0 Å². The van der Waals surface area contributed by atoms with E-state index in [0.717, 1.165) is 22.6 Å². The van der Waals surface area contributed by atoms with Crippen molar-refractivity contribution in [3.8, 4) is 5.69 Å². The van der Waals surface area contributed by atoms with Crippen molar-refractivity contribution in [2.45, 2.75) is 27.7 Å². The Balaban J connectivity index is 1.83. The van der Waals surface area contributed by atoms with E-state index in [0.29, 0.717) is 16.9 Å². The molecule has 0 aliphatic rings. The van der Waals surface area contributed by atoms with E-state index < -0.39 is 0 Å². The lowest BCUT2D eigenvalue weighted by Gasteiger charge is -2.13. The van der Waals surface area contributed by atoms with Crippen molar-refractivity contribution in [3.05, 3.63) is 77.1 Å². The number of anilines is 2. The van der Waals surface area contributed by atoms with E-state index >= 15 is 0 Å². The standard InChI is InChI=1S/C22H23N3O2/c1-14-5-12-20(23-17(4)26)21(13-14)24-22(27)18-8-10-19(11-9-18)25-15(2)6-7-16(25)3/h5-13H,1-4H3,(H,23,26)(H,24,27). The van der Waals surface area contributed by atoms with Crippen molar-refractivity contribution in [2.75, 3.05) is 10.6 Å². The maximum atomic E-state index is 12.7. The number of nitrogens with one attached hydrogen (secondary N) is 2. The molecule has 1 heterocycles. The van der Waals surface area contributed by atoms with Crippen molar-refractivity contribution < 1.29 is 9.59 Å². The summed E-state index contributed by atoms with van der Waals surface area (Å²) in [5.41, 5.74) is 6.01. The summed E-state index contributed by atoms with van der Waals surface area (Å²) in [7, 11) is 0. The second-order valence-corrected chi connectivity index (χ2v) is 6.68. The fourth-order valence-electron chi connectivity index (χ4n) is 3.09. The molecule has 5 nitrogen and oxygen atoms in total. The number of rotatable bonds is 4. The van der Waals surface area contributed by atoms with Gasteiger partial charge in [-0.25, -0.2) is 0 Å². The molecule has 3 rings (SSSR count). The molecule has 0 bridgehead atoms. The van der Waals surface area contributed by atoms with Crippen LogP contribution in [0.1, 0.15) is 34.2 Å². The Kier molecular flexibility index (Phi) is 5.12.